The topological polar surface area (TPSA) is 123 Å². The number of nitrogens with one attached hydrogen (secondary N) is 1. The Labute approximate surface area is 150 Å². The van der Waals surface area contributed by atoms with E-state index in [1.54, 1.807) is 11.6 Å². The lowest BCUT2D eigenvalue weighted by Crippen LogP contribution is -2.35. The molecule has 26 heavy (non-hydrogen) atoms. The van der Waals surface area contributed by atoms with Gasteiger partial charge in [0.15, 0.2) is 5.82 Å². The van der Waals surface area contributed by atoms with Gasteiger partial charge in [-0.3, -0.25) is 9.48 Å². The quantitative estimate of drug-likeness (QED) is 0.847. The van der Waals surface area contributed by atoms with E-state index in [2.05, 4.69) is 20.0 Å². The van der Waals surface area contributed by atoms with Gasteiger partial charge in [0.2, 0.25) is 0 Å². The molecule has 0 spiro atoms. The summed E-state index contributed by atoms with van der Waals surface area (Å²) in [6.45, 7) is 6.04. The molecule has 0 bridgehead atoms. The third-order valence-corrected chi connectivity index (χ3v) is 5.27. The van der Waals surface area contributed by atoms with Gasteiger partial charge in [-0.1, -0.05) is 5.16 Å². The van der Waals surface area contributed by atoms with Crippen LogP contribution in [-0.4, -0.2) is 46.3 Å². The zero-order valence-corrected chi connectivity index (χ0v) is 15.5. The minimum atomic E-state index is -4.04. The Morgan fingerprint density at radius 2 is 2.08 bits per heavy atom. The summed E-state index contributed by atoms with van der Waals surface area (Å²) >= 11 is 0. The highest BCUT2D eigenvalue weighted by Gasteiger charge is 2.31. The number of nitrogens with zero attached hydrogens (tertiary/aromatic N) is 5. The number of hydrogen-bond donors (Lipinski definition) is 1. The van der Waals surface area contributed by atoms with Crippen LogP contribution in [-0.2, 0) is 21.5 Å². The molecule has 3 rings (SSSR count). The van der Waals surface area contributed by atoms with E-state index in [1.807, 2.05) is 13.8 Å². The molecule has 1 amide bonds. The molecule has 2 aromatic rings. The van der Waals surface area contributed by atoms with Gasteiger partial charge in [-0.15, -0.1) is 4.40 Å². The maximum absolute atomic E-state index is 12.6. The van der Waals surface area contributed by atoms with E-state index in [1.165, 1.54) is 25.4 Å². The maximum atomic E-state index is 12.6. The zero-order valence-electron chi connectivity index (χ0n) is 14.7. The van der Waals surface area contributed by atoms with Crippen molar-refractivity contribution in [1.82, 2.24) is 19.2 Å². The lowest BCUT2D eigenvalue weighted by Gasteiger charge is -2.23. The van der Waals surface area contributed by atoms with Gasteiger partial charge >= 0.3 is 10.2 Å². The summed E-state index contributed by atoms with van der Waals surface area (Å²) in [5, 5.41) is 10.4. The number of carbonyl (C=O) groups excluding carboxylic acids is 1. The molecule has 11 heteroatoms. The Bertz CT molecular complexity index is 1030. The minimum absolute atomic E-state index is 0.0840. The first-order chi connectivity index (χ1) is 12.2. The molecule has 0 radical (unpaired) electrons. The number of rotatable bonds is 4. The van der Waals surface area contributed by atoms with Gasteiger partial charge < -0.3 is 9.84 Å². The van der Waals surface area contributed by atoms with Crippen molar-refractivity contribution in [3.63, 3.8) is 0 Å². The largest absolute Gasteiger partial charge is 0.360 e. The Balaban J connectivity index is 2.00. The molecule has 1 N–H and O–H groups in total. The molecule has 3 heterocycles. The van der Waals surface area contributed by atoms with Crippen LogP contribution in [0.1, 0.15) is 23.9 Å². The lowest BCUT2D eigenvalue weighted by atomic mass is 10.1. The fraction of sp³-hybridized carbons (Fsp3) is 0.333. The first-order valence-electron chi connectivity index (χ1n) is 7.81. The molecule has 0 aliphatic carbocycles. The van der Waals surface area contributed by atoms with Crippen LogP contribution in [0.4, 0.5) is 5.82 Å². The van der Waals surface area contributed by atoms with Gasteiger partial charge in [0, 0.05) is 30.9 Å². The van der Waals surface area contributed by atoms with Crippen LogP contribution in [0.15, 0.2) is 33.0 Å². The summed E-state index contributed by atoms with van der Waals surface area (Å²) in [5.74, 6) is 0.0688. The number of aromatic nitrogens is 3. The van der Waals surface area contributed by atoms with Crippen LogP contribution in [0.25, 0.3) is 0 Å². The first kappa shape index (κ1) is 17.9. The monoisotopic (exact) mass is 378 g/mol. The molecule has 0 saturated carbocycles. The number of aryl methyl sites for hydroxylation is 2. The molecule has 10 nitrogen and oxygen atoms in total. The van der Waals surface area contributed by atoms with Gasteiger partial charge in [0.1, 0.15) is 11.5 Å². The summed E-state index contributed by atoms with van der Waals surface area (Å²) < 4.78 is 36.0. The van der Waals surface area contributed by atoms with Gasteiger partial charge in [-0.2, -0.15) is 13.5 Å². The molecule has 0 aromatic carbocycles. The SMILES string of the molecule is CCn1ncc(C2=NS(=O)(=O)N(C)C(C(=O)Nc3cc(C)on3)=C2)c1C. The summed E-state index contributed by atoms with van der Waals surface area (Å²) in [5.41, 5.74) is 1.38. The Morgan fingerprint density at radius 1 is 1.35 bits per heavy atom. The molecule has 0 atom stereocenters. The van der Waals surface area contributed by atoms with E-state index in [4.69, 9.17) is 4.52 Å². The van der Waals surface area contributed by atoms with Crippen LogP contribution in [0.3, 0.4) is 0 Å². The molecule has 1 aliphatic rings. The van der Waals surface area contributed by atoms with E-state index in [9.17, 15) is 13.2 Å². The standard InChI is InChI=1S/C15H18N6O4S/c1-5-21-10(3)11(8-16-21)12-7-13(20(4)26(23,24)19-12)15(22)17-14-6-9(2)25-18-14/h6-8H,5H2,1-4H3,(H,17,18,22). The zero-order chi connectivity index (χ0) is 19.1. The van der Waals surface area contributed by atoms with Crippen molar-refractivity contribution in [3.8, 4) is 0 Å². The average Bonchev–Trinajstić information content (AvgIpc) is 3.15. The van der Waals surface area contributed by atoms with Crippen molar-refractivity contribution in [1.29, 1.82) is 0 Å². The van der Waals surface area contributed by atoms with Crippen molar-refractivity contribution in [2.75, 3.05) is 12.4 Å². The van der Waals surface area contributed by atoms with E-state index < -0.39 is 16.1 Å². The predicted molar refractivity (Wildman–Crippen MR) is 93.8 cm³/mol. The van der Waals surface area contributed by atoms with Crippen molar-refractivity contribution in [2.45, 2.75) is 27.3 Å². The van der Waals surface area contributed by atoms with Gasteiger partial charge in [0.25, 0.3) is 5.91 Å². The highest BCUT2D eigenvalue weighted by molar-refractivity contribution is 7.88. The van der Waals surface area contributed by atoms with Gasteiger partial charge in [-0.05, 0) is 26.8 Å². The highest BCUT2D eigenvalue weighted by atomic mass is 32.2. The smallest absolute Gasteiger partial charge is 0.345 e. The Morgan fingerprint density at radius 3 is 2.65 bits per heavy atom. The number of carbonyl (C=O) groups is 1. The maximum Gasteiger partial charge on any atom is 0.345 e. The van der Waals surface area contributed by atoms with E-state index in [0.29, 0.717) is 17.9 Å². The molecule has 0 saturated heterocycles. The van der Waals surface area contributed by atoms with Gasteiger partial charge in [0.05, 0.1) is 11.9 Å². The van der Waals surface area contributed by atoms with Crippen molar-refractivity contribution in [3.05, 3.63) is 41.1 Å². The van der Waals surface area contributed by atoms with Gasteiger partial charge in [-0.25, -0.2) is 4.31 Å². The fourth-order valence-corrected chi connectivity index (χ4v) is 3.42. The summed E-state index contributed by atoms with van der Waals surface area (Å²) in [6.07, 6.45) is 2.94. The molecular formula is C15H18N6O4S. The van der Waals surface area contributed by atoms with Crippen molar-refractivity contribution in [2.24, 2.45) is 4.40 Å². The number of allylic oxidation sites excluding steroid dienone is 1. The molecular weight excluding hydrogens is 360 g/mol. The second kappa shape index (κ2) is 6.41. The van der Waals surface area contributed by atoms with Crippen LogP contribution >= 0.6 is 0 Å². The normalized spacial score (nSPS) is 16.2. The summed E-state index contributed by atoms with van der Waals surface area (Å²) in [4.78, 5) is 12.6. The van der Waals surface area contributed by atoms with Crippen LogP contribution < -0.4 is 5.32 Å². The van der Waals surface area contributed by atoms with Crippen LogP contribution in [0, 0.1) is 13.8 Å². The predicted octanol–water partition coefficient (Wildman–Crippen LogP) is 1.01. The second-order valence-electron chi connectivity index (χ2n) is 5.69. The third-order valence-electron chi connectivity index (χ3n) is 3.95. The number of anilines is 1. The minimum Gasteiger partial charge on any atom is -0.360 e. The fourth-order valence-electron chi connectivity index (χ4n) is 2.51. The van der Waals surface area contributed by atoms with E-state index >= 15 is 0 Å². The van der Waals surface area contributed by atoms with E-state index in [-0.39, 0.29) is 17.2 Å². The molecule has 2 aromatic heterocycles. The second-order valence-corrected chi connectivity index (χ2v) is 7.31. The third kappa shape index (κ3) is 3.12. The number of hydrogen-bond acceptors (Lipinski definition) is 6. The first-order valence-corrected chi connectivity index (χ1v) is 9.20. The molecule has 0 fully saturated rings. The van der Waals surface area contributed by atoms with Crippen LogP contribution in [0.5, 0.6) is 0 Å². The Kier molecular flexibility index (Phi) is 4.40. The summed E-state index contributed by atoms with van der Waals surface area (Å²) in [6, 6.07) is 1.53. The van der Waals surface area contributed by atoms with Crippen molar-refractivity contribution < 1.29 is 17.7 Å². The highest BCUT2D eigenvalue weighted by Crippen LogP contribution is 2.22. The summed E-state index contributed by atoms with van der Waals surface area (Å²) in [7, 11) is -2.78. The number of likely N-dealkylation sites (N-methyl/N-ethyl adjacent to an activating group) is 1. The average molecular weight is 378 g/mol. The molecule has 138 valence electrons. The van der Waals surface area contributed by atoms with Crippen LogP contribution in [0.2, 0.25) is 0 Å². The lowest BCUT2D eigenvalue weighted by molar-refractivity contribution is -0.113. The Hall–Kier alpha value is -2.95. The molecule has 1 aliphatic heterocycles. The number of amides is 1. The van der Waals surface area contributed by atoms with E-state index in [0.717, 1.165) is 10.00 Å². The van der Waals surface area contributed by atoms with Crippen molar-refractivity contribution >= 4 is 27.6 Å². The molecule has 0 unspecified atom stereocenters.